The molecule has 1 saturated heterocycles. The van der Waals surface area contributed by atoms with E-state index in [-0.39, 0.29) is 11.7 Å². The van der Waals surface area contributed by atoms with Crippen LogP contribution in [0, 0.1) is 0 Å². The Morgan fingerprint density at radius 1 is 1.00 bits per heavy atom. The summed E-state index contributed by atoms with van der Waals surface area (Å²) < 4.78 is 11.4. The average Bonchev–Trinajstić information content (AvgIpc) is 2.88. The molecule has 1 fully saturated rings. The number of aliphatic hydroxyl groups is 1. The number of aromatic carboxylic acids is 1. The predicted molar refractivity (Wildman–Crippen MR) is 131 cm³/mol. The first-order valence-corrected chi connectivity index (χ1v) is 11.7. The number of nitrogens with one attached hydrogen (secondary N) is 1. The number of ether oxygens (including phenoxy) is 2. The zero-order chi connectivity index (χ0) is 23.8. The number of carboxylic acid groups (broad SMARTS) is 1. The molecule has 1 heterocycles. The van der Waals surface area contributed by atoms with E-state index in [0.717, 1.165) is 42.5 Å². The molecule has 1 aliphatic rings. The van der Waals surface area contributed by atoms with Crippen LogP contribution < -0.4 is 10.1 Å². The lowest BCUT2D eigenvalue weighted by molar-refractivity contribution is 0.0249. The molecular weight excluding hydrogens is 430 g/mol. The summed E-state index contributed by atoms with van der Waals surface area (Å²) >= 11 is 0. The van der Waals surface area contributed by atoms with Crippen LogP contribution in [0.3, 0.4) is 0 Å². The maximum absolute atomic E-state index is 11.7. The SMILES string of the molecule is O=C(O)c1ccc(-c2ccc(CCNC[C@H](O)c3ccccc3)cc2)cc1OC1CCOCC1. The second kappa shape index (κ2) is 11.8. The summed E-state index contributed by atoms with van der Waals surface area (Å²) in [6, 6.07) is 23.1. The molecule has 0 unspecified atom stereocenters. The minimum Gasteiger partial charge on any atom is -0.489 e. The third-order valence-corrected chi connectivity index (χ3v) is 6.07. The van der Waals surface area contributed by atoms with Crippen LogP contribution >= 0.6 is 0 Å². The van der Waals surface area contributed by atoms with Gasteiger partial charge in [-0.1, -0.05) is 60.7 Å². The highest BCUT2D eigenvalue weighted by molar-refractivity contribution is 5.92. The van der Waals surface area contributed by atoms with Crippen LogP contribution in [-0.2, 0) is 11.2 Å². The quantitative estimate of drug-likeness (QED) is 0.386. The van der Waals surface area contributed by atoms with E-state index in [1.807, 2.05) is 54.6 Å². The molecule has 3 N–H and O–H groups in total. The van der Waals surface area contributed by atoms with Crippen LogP contribution in [0.1, 0.15) is 40.4 Å². The molecule has 178 valence electrons. The average molecular weight is 462 g/mol. The minimum absolute atomic E-state index is 0.0302. The number of hydrogen-bond donors (Lipinski definition) is 3. The Bertz CT molecular complexity index is 1060. The van der Waals surface area contributed by atoms with Crippen molar-refractivity contribution in [2.45, 2.75) is 31.5 Å². The van der Waals surface area contributed by atoms with E-state index in [9.17, 15) is 15.0 Å². The monoisotopic (exact) mass is 461 g/mol. The standard InChI is InChI=1S/C28H31NO5/c30-26(22-4-2-1-3-5-22)19-29-15-12-20-6-8-21(9-7-20)23-10-11-25(28(31)32)27(18-23)34-24-13-16-33-17-14-24/h1-11,18,24,26,29-30H,12-17,19H2,(H,31,32)/t26-/m0/s1. The van der Waals surface area contributed by atoms with E-state index < -0.39 is 12.1 Å². The van der Waals surface area contributed by atoms with Crippen molar-refractivity contribution in [2.75, 3.05) is 26.3 Å². The van der Waals surface area contributed by atoms with Gasteiger partial charge in [0, 0.05) is 19.4 Å². The van der Waals surface area contributed by atoms with Gasteiger partial charge in [-0.05, 0) is 47.4 Å². The molecule has 1 aliphatic heterocycles. The summed E-state index contributed by atoms with van der Waals surface area (Å²) in [4.78, 5) is 11.7. The summed E-state index contributed by atoms with van der Waals surface area (Å²) in [6.45, 7) is 2.54. The first-order valence-electron chi connectivity index (χ1n) is 11.7. The second-order valence-electron chi connectivity index (χ2n) is 8.52. The number of rotatable bonds is 10. The normalized spacial score (nSPS) is 15.1. The van der Waals surface area contributed by atoms with Crippen molar-refractivity contribution in [3.8, 4) is 16.9 Å². The molecule has 6 heteroatoms. The van der Waals surface area contributed by atoms with Gasteiger partial charge in [0.25, 0.3) is 0 Å². The van der Waals surface area contributed by atoms with Crippen LogP contribution in [0.4, 0.5) is 0 Å². The Kier molecular flexibility index (Phi) is 8.31. The first kappa shape index (κ1) is 24.0. The van der Waals surface area contributed by atoms with Gasteiger partial charge in [0.2, 0.25) is 0 Å². The van der Waals surface area contributed by atoms with Crippen molar-refractivity contribution in [1.29, 1.82) is 0 Å². The zero-order valence-corrected chi connectivity index (χ0v) is 19.2. The molecule has 6 nitrogen and oxygen atoms in total. The third-order valence-electron chi connectivity index (χ3n) is 6.07. The molecule has 0 spiro atoms. The predicted octanol–water partition coefficient (Wildman–Crippen LogP) is 4.48. The van der Waals surface area contributed by atoms with E-state index >= 15 is 0 Å². The number of aliphatic hydroxyl groups excluding tert-OH is 1. The zero-order valence-electron chi connectivity index (χ0n) is 19.2. The van der Waals surface area contributed by atoms with E-state index in [1.54, 1.807) is 6.07 Å². The Morgan fingerprint density at radius 2 is 1.71 bits per heavy atom. The Balaban J connectivity index is 1.35. The summed E-state index contributed by atoms with van der Waals surface area (Å²) in [5, 5.41) is 23.1. The summed E-state index contributed by atoms with van der Waals surface area (Å²) in [5.41, 5.74) is 4.20. The van der Waals surface area contributed by atoms with E-state index in [0.29, 0.717) is 25.5 Å². The van der Waals surface area contributed by atoms with Gasteiger partial charge < -0.3 is 25.0 Å². The van der Waals surface area contributed by atoms with Gasteiger partial charge in [-0.2, -0.15) is 0 Å². The summed E-state index contributed by atoms with van der Waals surface area (Å²) in [6.07, 6.45) is 1.81. The lowest BCUT2D eigenvalue weighted by atomic mass is 10.0. The van der Waals surface area contributed by atoms with Crippen molar-refractivity contribution < 1.29 is 24.5 Å². The second-order valence-corrected chi connectivity index (χ2v) is 8.52. The third kappa shape index (κ3) is 6.44. The molecule has 0 amide bonds. The van der Waals surface area contributed by atoms with E-state index in [1.165, 1.54) is 5.56 Å². The minimum atomic E-state index is -0.992. The molecule has 34 heavy (non-hydrogen) atoms. The molecule has 4 rings (SSSR count). The largest absolute Gasteiger partial charge is 0.489 e. The van der Waals surface area contributed by atoms with Crippen molar-refractivity contribution in [3.05, 3.63) is 89.5 Å². The van der Waals surface area contributed by atoms with Gasteiger partial charge in [0.05, 0.1) is 19.3 Å². The van der Waals surface area contributed by atoms with E-state index in [2.05, 4.69) is 17.4 Å². The Morgan fingerprint density at radius 3 is 2.41 bits per heavy atom. The maximum atomic E-state index is 11.7. The number of hydrogen-bond acceptors (Lipinski definition) is 5. The highest BCUT2D eigenvalue weighted by Crippen LogP contribution is 2.30. The van der Waals surface area contributed by atoms with Gasteiger partial charge in [0.1, 0.15) is 17.4 Å². The van der Waals surface area contributed by atoms with Crippen LogP contribution in [0.25, 0.3) is 11.1 Å². The van der Waals surface area contributed by atoms with E-state index in [4.69, 9.17) is 9.47 Å². The van der Waals surface area contributed by atoms with Gasteiger partial charge in [-0.3, -0.25) is 0 Å². The van der Waals surface area contributed by atoms with Crippen LogP contribution in [0.5, 0.6) is 5.75 Å². The topological polar surface area (TPSA) is 88.0 Å². The number of carbonyl (C=O) groups is 1. The maximum Gasteiger partial charge on any atom is 0.339 e. The Hall–Kier alpha value is -3.19. The molecule has 0 saturated carbocycles. The highest BCUT2D eigenvalue weighted by Gasteiger charge is 2.20. The summed E-state index contributed by atoms with van der Waals surface area (Å²) in [7, 11) is 0. The van der Waals surface area contributed by atoms with Gasteiger partial charge >= 0.3 is 5.97 Å². The number of carboxylic acids is 1. The molecule has 0 radical (unpaired) electrons. The molecule has 0 aliphatic carbocycles. The van der Waals surface area contributed by atoms with Gasteiger partial charge in [-0.25, -0.2) is 4.79 Å². The fourth-order valence-electron chi connectivity index (χ4n) is 4.08. The lowest BCUT2D eigenvalue weighted by Crippen LogP contribution is -2.26. The smallest absolute Gasteiger partial charge is 0.339 e. The molecule has 3 aromatic carbocycles. The van der Waals surface area contributed by atoms with Crippen LogP contribution in [0.2, 0.25) is 0 Å². The van der Waals surface area contributed by atoms with Gasteiger partial charge in [-0.15, -0.1) is 0 Å². The molecule has 1 atom stereocenters. The van der Waals surface area contributed by atoms with Crippen LogP contribution in [0.15, 0.2) is 72.8 Å². The summed E-state index contributed by atoms with van der Waals surface area (Å²) in [5.74, 6) is -0.587. The van der Waals surface area contributed by atoms with Crippen molar-refractivity contribution in [1.82, 2.24) is 5.32 Å². The fourth-order valence-corrected chi connectivity index (χ4v) is 4.08. The number of benzene rings is 3. The van der Waals surface area contributed by atoms with Crippen LogP contribution in [-0.4, -0.2) is 48.6 Å². The fraction of sp³-hybridized carbons (Fsp3) is 0.321. The highest BCUT2D eigenvalue weighted by atomic mass is 16.5. The molecule has 0 aromatic heterocycles. The Labute approximate surface area is 200 Å². The molecule has 0 bridgehead atoms. The molecular formula is C28H31NO5. The van der Waals surface area contributed by atoms with Crippen molar-refractivity contribution in [3.63, 3.8) is 0 Å². The lowest BCUT2D eigenvalue weighted by Gasteiger charge is -2.24. The van der Waals surface area contributed by atoms with Crippen molar-refractivity contribution >= 4 is 5.97 Å². The molecule has 3 aromatic rings. The van der Waals surface area contributed by atoms with Gasteiger partial charge in [0.15, 0.2) is 0 Å². The van der Waals surface area contributed by atoms with Crippen molar-refractivity contribution in [2.24, 2.45) is 0 Å². The first-order chi connectivity index (χ1) is 16.6.